The van der Waals surface area contributed by atoms with Crippen molar-refractivity contribution in [1.29, 1.82) is 0 Å². The Morgan fingerprint density at radius 2 is 1.22 bits per heavy atom. The summed E-state index contributed by atoms with van der Waals surface area (Å²) < 4.78 is 207. The zero-order valence-electron chi connectivity index (χ0n) is 18.8. The van der Waals surface area contributed by atoms with Gasteiger partial charge in [-0.05, 0) is 44.4 Å². The van der Waals surface area contributed by atoms with Crippen LogP contribution in [0.1, 0.15) is 39.5 Å². The Morgan fingerprint density at radius 3 is 1.54 bits per heavy atom. The van der Waals surface area contributed by atoms with Gasteiger partial charge in [-0.2, -0.15) is 61.5 Å². The number of halogens is 15. The van der Waals surface area contributed by atoms with E-state index in [4.69, 9.17) is 4.74 Å². The normalized spacial score (nSPS) is 27.8. The maximum Gasteiger partial charge on any atom is 0.456 e. The van der Waals surface area contributed by atoms with E-state index in [9.17, 15) is 71.0 Å². The summed E-state index contributed by atoms with van der Waals surface area (Å²) in [6, 6.07) is 0. The van der Waals surface area contributed by atoms with Crippen LogP contribution in [0.3, 0.4) is 0 Å². The zero-order chi connectivity index (χ0) is 29.3. The van der Waals surface area contributed by atoms with Gasteiger partial charge in [0, 0.05) is 5.92 Å². The van der Waals surface area contributed by atoms with Crippen molar-refractivity contribution < 1.29 is 75.7 Å². The van der Waals surface area contributed by atoms with Gasteiger partial charge in [-0.15, -0.1) is 0 Å². The number of aliphatic hydroxyl groups is 1. The van der Waals surface area contributed by atoms with E-state index in [-0.39, 0.29) is 26.2 Å². The molecule has 1 fully saturated rings. The van der Waals surface area contributed by atoms with Gasteiger partial charge in [-0.25, -0.2) is 4.39 Å². The van der Waals surface area contributed by atoms with Crippen LogP contribution in [0.15, 0.2) is 12.2 Å². The Kier molecular flexibility index (Phi) is 7.81. The summed E-state index contributed by atoms with van der Waals surface area (Å²) in [6.45, 7) is 0.537. The van der Waals surface area contributed by atoms with Crippen LogP contribution >= 0.6 is 0 Å². The molecule has 0 radical (unpaired) electrons. The predicted octanol–water partition coefficient (Wildman–Crippen LogP) is 7.47. The number of alkyl halides is 15. The van der Waals surface area contributed by atoms with Crippen molar-refractivity contribution in [2.75, 3.05) is 0 Å². The SMILES string of the molecule is CC(CC(C)(OC1CC2C=CC1C2)C(F)(F)F)CC(O)(C(F)(F)C(F)(F)F)C(F)(C(F)(F)F)C(F)(F)F. The van der Waals surface area contributed by atoms with Crippen molar-refractivity contribution in [3.8, 4) is 0 Å². The second-order valence-electron chi connectivity index (χ2n) is 9.76. The number of ether oxygens (including phenoxy) is 1. The van der Waals surface area contributed by atoms with Crippen molar-refractivity contribution in [1.82, 2.24) is 0 Å². The molecule has 2 rings (SSSR count). The van der Waals surface area contributed by atoms with E-state index in [1.807, 2.05) is 0 Å². The Bertz CT molecular complexity index is 842. The zero-order valence-corrected chi connectivity index (χ0v) is 18.8. The van der Waals surface area contributed by atoms with Gasteiger partial charge in [-0.3, -0.25) is 0 Å². The molecule has 6 unspecified atom stereocenters. The van der Waals surface area contributed by atoms with E-state index >= 15 is 0 Å². The quantitative estimate of drug-likeness (QED) is 0.239. The Morgan fingerprint density at radius 1 is 0.730 bits per heavy atom. The molecule has 2 bridgehead atoms. The molecular weight excluding hydrogens is 557 g/mol. The molecule has 6 atom stereocenters. The molecule has 0 spiro atoms. The Labute approximate surface area is 199 Å². The number of hydrogen-bond donors (Lipinski definition) is 1. The fourth-order valence-corrected chi connectivity index (χ4v) is 5.02. The minimum atomic E-state index is -7.59. The van der Waals surface area contributed by atoms with E-state index in [1.54, 1.807) is 6.08 Å². The van der Waals surface area contributed by atoms with Crippen molar-refractivity contribution in [2.24, 2.45) is 17.8 Å². The molecule has 17 heteroatoms. The number of hydrogen-bond acceptors (Lipinski definition) is 2. The van der Waals surface area contributed by atoms with E-state index in [2.05, 4.69) is 0 Å². The molecule has 0 aliphatic heterocycles. The Balaban J connectivity index is 2.54. The first-order chi connectivity index (χ1) is 16.1. The summed E-state index contributed by atoms with van der Waals surface area (Å²) in [4.78, 5) is 0. The molecule has 2 aliphatic carbocycles. The minimum absolute atomic E-state index is 0.0348. The van der Waals surface area contributed by atoms with Gasteiger partial charge in [0.15, 0.2) is 11.2 Å². The third-order valence-corrected chi connectivity index (χ3v) is 6.84. The molecule has 0 amide bonds. The summed E-state index contributed by atoms with van der Waals surface area (Å²) in [5, 5.41) is 9.79. The third kappa shape index (κ3) is 5.14. The van der Waals surface area contributed by atoms with Gasteiger partial charge in [0.2, 0.25) is 0 Å². The van der Waals surface area contributed by atoms with Gasteiger partial charge in [-0.1, -0.05) is 19.1 Å². The van der Waals surface area contributed by atoms with E-state index in [1.165, 1.54) is 6.08 Å². The summed E-state index contributed by atoms with van der Waals surface area (Å²) in [6.07, 6.45) is -30.4. The highest BCUT2D eigenvalue weighted by atomic mass is 19.4. The molecule has 37 heavy (non-hydrogen) atoms. The first-order valence-electron chi connectivity index (χ1n) is 10.6. The standard InChI is InChI=1S/C20H21F15O2/c1-9(7-13(2,17(24,25)26)37-12-6-10-3-4-11(12)5-10)8-14(36,16(22,23)20(33,34)35)15(21,18(27,28)29)19(30,31)32/h3-4,9-12,36H,5-8H2,1-2H3. The van der Waals surface area contributed by atoms with Crippen molar-refractivity contribution in [2.45, 2.75) is 93.1 Å². The first-order valence-corrected chi connectivity index (χ1v) is 10.6. The monoisotopic (exact) mass is 578 g/mol. The molecular formula is C20H21F15O2. The lowest BCUT2D eigenvalue weighted by Gasteiger charge is -2.48. The highest BCUT2D eigenvalue weighted by Gasteiger charge is 2.90. The third-order valence-electron chi connectivity index (χ3n) is 6.84. The summed E-state index contributed by atoms with van der Waals surface area (Å²) in [5.41, 5.74) is -17.7. The maximum atomic E-state index is 14.6. The highest BCUT2D eigenvalue weighted by Crippen LogP contribution is 2.62. The molecule has 0 heterocycles. The lowest BCUT2D eigenvalue weighted by Crippen LogP contribution is -2.77. The topological polar surface area (TPSA) is 29.5 Å². The smallest absolute Gasteiger partial charge is 0.379 e. The molecule has 0 aromatic rings. The van der Waals surface area contributed by atoms with Gasteiger partial charge >= 0.3 is 36.3 Å². The lowest BCUT2D eigenvalue weighted by atomic mass is 9.70. The maximum absolute atomic E-state index is 14.6. The van der Waals surface area contributed by atoms with Gasteiger partial charge in [0.1, 0.15) is 0 Å². The van der Waals surface area contributed by atoms with Gasteiger partial charge < -0.3 is 9.84 Å². The highest BCUT2D eigenvalue weighted by molar-refractivity contribution is 5.18. The second kappa shape index (κ2) is 9.08. The van der Waals surface area contributed by atoms with Crippen LogP contribution in [0.25, 0.3) is 0 Å². The average Bonchev–Trinajstić information content (AvgIpc) is 3.26. The molecule has 2 aliphatic rings. The minimum Gasteiger partial charge on any atom is -0.379 e. The number of fused-ring (bicyclic) bond motifs is 2. The fraction of sp³-hybridized carbons (Fsp3) is 0.900. The van der Waals surface area contributed by atoms with Gasteiger partial charge in [0.05, 0.1) is 6.10 Å². The molecule has 218 valence electrons. The first kappa shape index (κ1) is 31.8. The van der Waals surface area contributed by atoms with E-state index in [0.717, 1.165) is 0 Å². The predicted molar refractivity (Wildman–Crippen MR) is 95.0 cm³/mol. The van der Waals surface area contributed by atoms with Crippen molar-refractivity contribution in [3.05, 3.63) is 12.2 Å². The van der Waals surface area contributed by atoms with Crippen LogP contribution in [0.4, 0.5) is 65.9 Å². The number of allylic oxidation sites excluding steroid dienone is 1. The number of rotatable bonds is 8. The van der Waals surface area contributed by atoms with Crippen LogP contribution < -0.4 is 0 Å². The van der Waals surface area contributed by atoms with Gasteiger partial charge in [0.25, 0.3) is 0 Å². The summed E-state index contributed by atoms with van der Waals surface area (Å²) in [7, 11) is 0. The molecule has 0 aromatic carbocycles. The molecule has 1 saturated carbocycles. The molecule has 2 nitrogen and oxygen atoms in total. The fourth-order valence-electron chi connectivity index (χ4n) is 5.02. The van der Waals surface area contributed by atoms with E-state index in [0.29, 0.717) is 6.42 Å². The van der Waals surface area contributed by atoms with Crippen LogP contribution in [0.5, 0.6) is 0 Å². The lowest BCUT2D eigenvalue weighted by molar-refractivity contribution is -0.445. The van der Waals surface area contributed by atoms with Crippen LogP contribution in [0.2, 0.25) is 0 Å². The van der Waals surface area contributed by atoms with Crippen LogP contribution in [-0.2, 0) is 4.74 Å². The van der Waals surface area contributed by atoms with Crippen LogP contribution in [-0.4, -0.2) is 58.7 Å². The van der Waals surface area contributed by atoms with Crippen molar-refractivity contribution >= 4 is 0 Å². The summed E-state index contributed by atoms with van der Waals surface area (Å²) in [5.74, 6) is -10.8. The molecule has 0 aromatic heterocycles. The molecule has 1 N–H and O–H groups in total. The second-order valence-corrected chi connectivity index (χ2v) is 9.76. The van der Waals surface area contributed by atoms with Crippen molar-refractivity contribution in [3.63, 3.8) is 0 Å². The van der Waals surface area contributed by atoms with E-state index < -0.39 is 78.3 Å². The summed E-state index contributed by atoms with van der Waals surface area (Å²) >= 11 is 0. The average molecular weight is 578 g/mol. The Hall–Kier alpha value is -1.39. The largest absolute Gasteiger partial charge is 0.456 e. The van der Waals surface area contributed by atoms with Crippen LogP contribution in [0, 0.1) is 17.8 Å². The molecule has 0 saturated heterocycles.